The van der Waals surface area contributed by atoms with E-state index in [1.807, 2.05) is 12.1 Å². The molecule has 0 fully saturated rings. The van der Waals surface area contributed by atoms with Crippen molar-refractivity contribution < 1.29 is 9.90 Å². The van der Waals surface area contributed by atoms with Crippen molar-refractivity contribution in [3.05, 3.63) is 29.8 Å². The van der Waals surface area contributed by atoms with Crippen LogP contribution < -0.4 is 11.1 Å². The molecule has 1 amide bonds. The summed E-state index contributed by atoms with van der Waals surface area (Å²) in [6.45, 7) is 3.88. The Labute approximate surface area is 124 Å². The molecule has 1 aromatic rings. The first-order chi connectivity index (χ1) is 9.32. The maximum absolute atomic E-state index is 12.2. The van der Waals surface area contributed by atoms with E-state index in [1.165, 1.54) is 0 Å². The van der Waals surface area contributed by atoms with E-state index < -0.39 is 6.10 Å². The largest absolute Gasteiger partial charge is 0.392 e. The number of carbonyl (C=O) groups excluding carboxylic acids is 1. The fraction of sp³-hybridized carbons (Fsp3) is 0.429. The summed E-state index contributed by atoms with van der Waals surface area (Å²) < 4.78 is 0. The molecule has 1 rings (SSSR count). The number of carbonyl (C=O) groups is 1. The zero-order valence-corrected chi connectivity index (χ0v) is 12.8. The molecule has 0 aromatic heterocycles. The van der Waals surface area contributed by atoms with E-state index in [2.05, 4.69) is 5.32 Å². The summed E-state index contributed by atoms with van der Waals surface area (Å²) in [4.78, 5) is 14.2. The van der Waals surface area contributed by atoms with Gasteiger partial charge in [0.25, 0.3) is 0 Å². The maximum Gasteiger partial charge on any atom is 0.241 e. The van der Waals surface area contributed by atoms with Crippen LogP contribution in [0.15, 0.2) is 24.3 Å². The highest BCUT2D eigenvalue weighted by Crippen LogP contribution is 2.15. The van der Waals surface area contributed by atoms with Crippen LogP contribution in [0.4, 0.5) is 5.69 Å². The summed E-state index contributed by atoms with van der Waals surface area (Å²) in [5, 5.41) is 12.2. The quantitative estimate of drug-likeness (QED) is 0.681. The van der Waals surface area contributed by atoms with Crippen molar-refractivity contribution in [3.63, 3.8) is 0 Å². The molecule has 0 saturated carbocycles. The van der Waals surface area contributed by atoms with Crippen molar-refractivity contribution in [1.82, 2.24) is 4.90 Å². The number of aliphatic hydroxyl groups is 1. The van der Waals surface area contributed by atoms with Crippen LogP contribution in [-0.4, -0.2) is 46.6 Å². The third-order valence-corrected chi connectivity index (χ3v) is 3.26. The molecule has 2 unspecified atom stereocenters. The molecule has 0 radical (unpaired) electrons. The lowest BCUT2D eigenvalue weighted by Gasteiger charge is -2.25. The molecular weight excluding hydrogens is 274 g/mol. The van der Waals surface area contributed by atoms with Gasteiger partial charge in [0.05, 0.1) is 17.8 Å². The number of nitrogens with two attached hydrogens (primary N) is 1. The Morgan fingerprint density at radius 1 is 1.45 bits per heavy atom. The monoisotopic (exact) mass is 295 g/mol. The van der Waals surface area contributed by atoms with Gasteiger partial charge in [-0.1, -0.05) is 24.4 Å². The normalized spacial score (nSPS) is 13.8. The summed E-state index contributed by atoms with van der Waals surface area (Å²) in [6.07, 6.45) is -0.487. The van der Waals surface area contributed by atoms with E-state index in [4.69, 9.17) is 18.0 Å². The lowest BCUT2D eigenvalue weighted by Crippen LogP contribution is -2.42. The second-order valence-corrected chi connectivity index (χ2v) is 5.30. The van der Waals surface area contributed by atoms with Gasteiger partial charge >= 0.3 is 0 Å². The number of nitrogens with zero attached hydrogens (tertiary/aromatic N) is 1. The highest BCUT2D eigenvalue weighted by molar-refractivity contribution is 7.80. The van der Waals surface area contributed by atoms with Crippen LogP contribution in [0, 0.1) is 0 Å². The summed E-state index contributed by atoms with van der Waals surface area (Å²) >= 11 is 4.96. The van der Waals surface area contributed by atoms with Crippen molar-refractivity contribution in [2.45, 2.75) is 26.0 Å². The number of anilines is 1. The molecule has 2 atom stereocenters. The van der Waals surface area contributed by atoms with E-state index >= 15 is 0 Å². The highest BCUT2D eigenvalue weighted by Gasteiger charge is 2.20. The molecule has 5 nitrogen and oxygen atoms in total. The third kappa shape index (κ3) is 4.56. The number of para-hydroxylation sites is 1. The maximum atomic E-state index is 12.2. The van der Waals surface area contributed by atoms with E-state index in [9.17, 15) is 9.90 Å². The number of benzene rings is 1. The van der Waals surface area contributed by atoms with Crippen molar-refractivity contribution in [2.24, 2.45) is 5.73 Å². The van der Waals surface area contributed by atoms with Gasteiger partial charge < -0.3 is 16.2 Å². The van der Waals surface area contributed by atoms with Crippen LogP contribution >= 0.6 is 12.2 Å². The van der Waals surface area contributed by atoms with Crippen LogP contribution in [0.2, 0.25) is 0 Å². The molecular formula is C14H21N3O2S. The second kappa shape index (κ2) is 7.33. The zero-order chi connectivity index (χ0) is 15.3. The number of thiocarbonyl (C=S) groups is 1. The van der Waals surface area contributed by atoms with Crippen LogP contribution in [0.3, 0.4) is 0 Å². The molecule has 0 bridgehead atoms. The van der Waals surface area contributed by atoms with Gasteiger partial charge in [0.15, 0.2) is 0 Å². The predicted molar refractivity (Wildman–Crippen MR) is 84.7 cm³/mol. The number of rotatable bonds is 6. The Balaban J connectivity index is 2.78. The Kier molecular flexibility index (Phi) is 6.06. The van der Waals surface area contributed by atoms with Gasteiger partial charge in [-0.25, -0.2) is 0 Å². The Bertz CT molecular complexity index is 491. The molecule has 1 aromatic carbocycles. The number of hydrogen-bond donors (Lipinski definition) is 3. The molecule has 110 valence electrons. The topological polar surface area (TPSA) is 78.6 Å². The van der Waals surface area contributed by atoms with E-state index in [0.717, 1.165) is 0 Å². The van der Waals surface area contributed by atoms with Crippen LogP contribution in [0.1, 0.15) is 19.4 Å². The fourth-order valence-corrected chi connectivity index (χ4v) is 2.00. The smallest absolute Gasteiger partial charge is 0.241 e. The summed E-state index contributed by atoms with van der Waals surface area (Å²) in [7, 11) is 1.79. The first-order valence-electron chi connectivity index (χ1n) is 6.41. The molecule has 0 saturated heterocycles. The molecule has 0 aliphatic rings. The standard InChI is InChI=1S/C14H21N3O2S/c1-9(18)8-17(3)10(2)14(19)16-12-7-5-4-6-11(12)13(15)20/h4-7,9-10,18H,8H2,1-3H3,(H2,15,20)(H,16,19). The summed E-state index contributed by atoms with van der Waals surface area (Å²) in [5.74, 6) is -0.170. The Morgan fingerprint density at radius 2 is 2.05 bits per heavy atom. The van der Waals surface area contributed by atoms with E-state index in [1.54, 1.807) is 37.9 Å². The number of amides is 1. The average Bonchev–Trinajstić information content (AvgIpc) is 2.37. The van der Waals surface area contributed by atoms with Crippen molar-refractivity contribution in [1.29, 1.82) is 0 Å². The zero-order valence-electron chi connectivity index (χ0n) is 12.0. The average molecular weight is 295 g/mol. The lowest BCUT2D eigenvalue weighted by molar-refractivity contribution is -0.120. The Morgan fingerprint density at radius 3 is 2.60 bits per heavy atom. The first kappa shape index (κ1) is 16.6. The number of aliphatic hydroxyl groups excluding tert-OH is 1. The van der Waals surface area contributed by atoms with Gasteiger partial charge in [0.1, 0.15) is 4.99 Å². The number of nitrogens with one attached hydrogen (secondary N) is 1. The number of hydrogen-bond acceptors (Lipinski definition) is 4. The van der Waals surface area contributed by atoms with Crippen molar-refractivity contribution in [3.8, 4) is 0 Å². The molecule has 0 aliphatic heterocycles. The van der Waals surface area contributed by atoms with Crippen LogP contribution in [-0.2, 0) is 4.79 Å². The number of likely N-dealkylation sites (N-methyl/N-ethyl adjacent to an activating group) is 1. The summed E-state index contributed by atoms with van der Waals surface area (Å²) in [6, 6.07) is 6.77. The van der Waals surface area contributed by atoms with E-state index in [0.29, 0.717) is 17.8 Å². The molecule has 20 heavy (non-hydrogen) atoms. The van der Waals surface area contributed by atoms with Gasteiger partial charge in [-0.3, -0.25) is 9.69 Å². The second-order valence-electron chi connectivity index (χ2n) is 4.86. The SMILES string of the molecule is CC(O)CN(C)C(C)C(=O)Nc1ccccc1C(N)=S. The lowest BCUT2D eigenvalue weighted by atomic mass is 10.1. The third-order valence-electron chi connectivity index (χ3n) is 3.04. The first-order valence-corrected chi connectivity index (χ1v) is 6.81. The summed E-state index contributed by atoms with van der Waals surface area (Å²) in [5.41, 5.74) is 6.87. The Hall–Kier alpha value is -1.50. The van der Waals surface area contributed by atoms with Gasteiger partial charge in [-0.2, -0.15) is 0 Å². The van der Waals surface area contributed by atoms with Gasteiger partial charge in [0, 0.05) is 12.1 Å². The molecule has 0 aliphatic carbocycles. The van der Waals surface area contributed by atoms with Crippen LogP contribution in [0.5, 0.6) is 0 Å². The van der Waals surface area contributed by atoms with Gasteiger partial charge in [-0.05, 0) is 33.0 Å². The minimum absolute atomic E-state index is 0.170. The van der Waals surface area contributed by atoms with E-state index in [-0.39, 0.29) is 16.9 Å². The van der Waals surface area contributed by atoms with Crippen molar-refractivity contribution in [2.75, 3.05) is 18.9 Å². The van der Waals surface area contributed by atoms with Gasteiger partial charge in [-0.15, -0.1) is 0 Å². The predicted octanol–water partition coefficient (Wildman–Crippen LogP) is 0.960. The minimum atomic E-state index is -0.487. The van der Waals surface area contributed by atoms with Gasteiger partial charge in [0.2, 0.25) is 5.91 Å². The molecule has 0 spiro atoms. The molecule has 0 heterocycles. The molecule has 6 heteroatoms. The van der Waals surface area contributed by atoms with Crippen molar-refractivity contribution >= 4 is 28.8 Å². The fourth-order valence-electron chi connectivity index (χ4n) is 1.82. The van der Waals surface area contributed by atoms with Crippen LogP contribution in [0.25, 0.3) is 0 Å². The minimum Gasteiger partial charge on any atom is -0.392 e. The highest BCUT2D eigenvalue weighted by atomic mass is 32.1. The molecule has 4 N–H and O–H groups in total.